The molecule has 21 heavy (non-hydrogen) atoms. The van der Waals surface area contributed by atoms with Crippen LogP contribution in [0.2, 0.25) is 0 Å². The third-order valence-electron chi connectivity index (χ3n) is 2.51. The van der Waals surface area contributed by atoms with Gasteiger partial charge in [0, 0.05) is 19.9 Å². The van der Waals surface area contributed by atoms with Gasteiger partial charge in [-0.2, -0.15) is 0 Å². The van der Waals surface area contributed by atoms with Gasteiger partial charge in [0.25, 0.3) is 5.69 Å². The second kappa shape index (κ2) is 6.59. The Bertz CT molecular complexity index is 736. The lowest BCUT2D eigenvalue weighted by Crippen LogP contribution is -1.97. The quantitative estimate of drug-likeness (QED) is 0.544. The predicted octanol–water partition coefficient (Wildman–Crippen LogP) is 4.97. The first-order valence-corrected chi connectivity index (χ1v) is 7.93. The summed E-state index contributed by atoms with van der Waals surface area (Å²) in [5, 5.41) is 20.1. The highest BCUT2D eigenvalue weighted by atomic mass is 79.9. The number of nitro groups is 1. The number of hydrogen-bond acceptors (Lipinski definition) is 4. The van der Waals surface area contributed by atoms with E-state index in [9.17, 15) is 14.9 Å². The monoisotopic (exact) mass is 431 g/mol. The van der Waals surface area contributed by atoms with Crippen molar-refractivity contribution in [2.45, 2.75) is 9.79 Å². The van der Waals surface area contributed by atoms with Gasteiger partial charge in [0.2, 0.25) is 0 Å². The van der Waals surface area contributed by atoms with Gasteiger partial charge >= 0.3 is 5.97 Å². The molecule has 0 radical (unpaired) electrons. The number of hydrogen-bond donors (Lipinski definition) is 1. The summed E-state index contributed by atoms with van der Waals surface area (Å²) in [5.74, 6) is -1.06. The summed E-state index contributed by atoms with van der Waals surface area (Å²) in [7, 11) is 0. The molecule has 0 spiro atoms. The van der Waals surface area contributed by atoms with Crippen LogP contribution in [0.1, 0.15) is 10.4 Å². The molecule has 108 valence electrons. The Hall–Kier alpha value is -1.38. The van der Waals surface area contributed by atoms with Gasteiger partial charge in [-0.05, 0) is 46.3 Å². The van der Waals surface area contributed by atoms with Crippen molar-refractivity contribution in [2.24, 2.45) is 0 Å². The molecule has 0 aliphatic heterocycles. The average Bonchev–Trinajstić information content (AvgIpc) is 2.42. The lowest BCUT2D eigenvalue weighted by atomic mass is 10.2. The van der Waals surface area contributed by atoms with Gasteiger partial charge in [-0.1, -0.05) is 27.7 Å². The van der Waals surface area contributed by atoms with Crippen molar-refractivity contribution < 1.29 is 14.8 Å². The van der Waals surface area contributed by atoms with E-state index in [1.807, 2.05) is 0 Å². The van der Waals surface area contributed by atoms with E-state index in [1.165, 1.54) is 12.1 Å². The van der Waals surface area contributed by atoms with Crippen molar-refractivity contribution in [1.82, 2.24) is 0 Å². The Kier molecular flexibility index (Phi) is 5.02. The summed E-state index contributed by atoms with van der Waals surface area (Å²) in [6.07, 6.45) is 0. The lowest BCUT2D eigenvalue weighted by Gasteiger charge is -2.06. The van der Waals surface area contributed by atoms with Gasteiger partial charge in [0.1, 0.15) is 0 Å². The molecule has 0 aliphatic rings. The van der Waals surface area contributed by atoms with E-state index in [4.69, 9.17) is 5.11 Å². The molecular formula is C13H7Br2NO4S. The molecule has 0 bridgehead atoms. The van der Waals surface area contributed by atoms with Crippen LogP contribution in [0, 0.1) is 10.1 Å². The van der Waals surface area contributed by atoms with Crippen molar-refractivity contribution in [3.8, 4) is 0 Å². The molecule has 0 unspecified atom stereocenters. The van der Waals surface area contributed by atoms with Gasteiger partial charge in [-0.3, -0.25) is 10.1 Å². The molecule has 8 heteroatoms. The number of carboxylic acid groups (broad SMARTS) is 1. The average molecular weight is 433 g/mol. The molecule has 0 aliphatic carbocycles. The van der Waals surface area contributed by atoms with Crippen molar-refractivity contribution in [3.63, 3.8) is 0 Å². The number of rotatable bonds is 4. The zero-order chi connectivity index (χ0) is 15.6. The fourth-order valence-corrected chi connectivity index (χ4v) is 3.28. The Labute approximate surface area is 140 Å². The second-order valence-electron chi connectivity index (χ2n) is 3.92. The minimum atomic E-state index is -1.06. The second-order valence-corrected chi connectivity index (χ2v) is 6.80. The van der Waals surface area contributed by atoms with E-state index in [0.29, 0.717) is 18.7 Å². The smallest absolute Gasteiger partial charge is 0.336 e. The van der Waals surface area contributed by atoms with Gasteiger partial charge in [-0.25, -0.2) is 4.79 Å². The summed E-state index contributed by atoms with van der Waals surface area (Å²) in [4.78, 5) is 22.7. The zero-order valence-corrected chi connectivity index (χ0v) is 14.2. The summed E-state index contributed by atoms with van der Waals surface area (Å²) in [6.45, 7) is 0. The first-order valence-electron chi connectivity index (χ1n) is 5.53. The van der Waals surface area contributed by atoms with Crippen LogP contribution in [0.15, 0.2) is 55.1 Å². The first-order chi connectivity index (χ1) is 9.88. The van der Waals surface area contributed by atoms with Crippen molar-refractivity contribution in [2.75, 3.05) is 0 Å². The molecule has 0 atom stereocenters. The number of carboxylic acids is 1. The maximum Gasteiger partial charge on any atom is 0.336 e. The fourth-order valence-electron chi connectivity index (χ4n) is 1.58. The molecule has 0 aromatic heterocycles. The number of halogens is 2. The van der Waals surface area contributed by atoms with Crippen LogP contribution < -0.4 is 0 Å². The molecule has 0 heterocycles. The van der Waals surface area contributed by atoms with E-state index in [2.05, 4.69) is 31.9 Å². The maximum absolute atomic E-state index is 11.1. The van der Waals surface area contributed by atoms with Crippen LogP contribution in [-0.4, -0.2) is 16.0 Å². The molecule has 5 nitrogen and oxygen atoms in total. The highest BCUT2D eigenvalue weighted by Crippen LogP contribution is 2.37. The van der Waals surface area contributed by atoms with Crippen LogP contribution in [0.4, 0.5) is 5.69 Å². The maximum atomic E-state index is 11.1. The summed E-state index contributed by atoms with van der Waals surface area (Å²) < 4.78 is 1.07. The SMILES string of the molecule is O=C(O)c1cc(Sc2ccc(Br)cc2[N+](=O)[O-])ccc1Br. The number of nitrogens with zero attached hydrogens (tertiary/aromatic N) is 1. The molecule has 0 fully saturated rings. The lowest BCUT2D eigenvalue weighted by molar-refractivity contribution is -0.387. The third kappa shape index (κ3) is 3.84. The Balaban J connectivity index is 2.41. The Morgan fingerprint density at radius 3 is 2.52 bits per heavy atom. The summed E-state index contributed by atoms with van der Waals surface area (Å²) in [6, 6.07) is 9.52. The standard InChI is InChI=1S/C13H7Br2NO4S/c14-7-1-4-12(11(5-7)16(19)20)21-8-2-3-10(15)9(6-8)13(17)18/h1-6H,(H,17,18). The van der Waals surface area contributed by atoms with Gasteiger partial charge in [-0.15, -0.1) is 0 Å². The third-order valence-corrected chi connectivity index (χ3v) is 4.75. The van der Waals surface area contributed by atoms with Crippen LogP contribution in [0.25, 0.3) is 0 Å². The van der Waals surface area contributed by atoms with Crippen molar-refractivity contribution in [3.05, 3.63) is 61.0 Å². The molecular weight excluding hydrogens is 426 g/mol. The van der Waals surface area contributed by atoms with Crippen LogP contribution in [0.3, 0.4) is 0 Å². The fraction of sp³-hybridized carbons (Fsp3) is 0. The van der Waals surface area contributed by atoms with Crippen molar-refractivity contribution >= 4 is 55.3 Å². The molecule has 0 saturated carbocycles. The first kappa shape index (κ1) is 16.0. The molecule has 2 aromatic carbocycles. The zero-order valence-electron chi connectivity index (χ0n) is 10.2. The minimum absolute atomic E-state index is 0.0332. The molecule has 2 rings (SSSR count). The molecule has 0 amide bonds. The summed E-state index contributed by atoms with van der Waals surface area (Å²) >= 11 is 7.50. The van der Waals surface area contributed by atoms with Crippen LogP contribution >= 0.6 is 43.6 Å². The molecule has 0 saturated heterocycles. The van der Waals surface area contributed by atoms with Gasteiger partial charge in [0.05, 0.1) is 15.4 Å². The minimum Gasteiger partial charge on any atom is -0.478 e. The summed E-state index contributed by atoms with van der Waals surface area (Å²) in [5.41, 5.74) is 0.0777. The number of carbonyl (C=O) groups is 1. The van der Waals surface area contributed by atoms with Crippen molar-refractivity contribution in [1.29, 1.82) is 0 Å². The normalized spacial score (nSPS) is 10.4. The highest BCUT2D eigenvalue weighted by molar-refractivity contribution is 9.10. The molecule has 2 aromatic rings. The number of nitro benzene ring substituents is 1. The van der Waals surface area contributed by atoms with Gasteiger partial charge in [0.15, 0.2) is 0 Å². The van der Waals surface area contributed by atoms with Gasteiger partial charge < -0.3 is 5.11 Å². The van der Waals surface area contributed by atoms with E-state index in [0.717, 1.165) is 11.8 Å². The van der Waals surface area contributed by atoms with Crippen LogP contribution in [-0.2, 0) is 0 Å². The molecule has 1 N–H and O–H groups in total. The Morgan fingerprint density at radius 1 is 1.19 bits per heavy atom. The van der Waals surface area contributed by atoms with Crippen LogP contribution in [0.5, 0.6) is 0 Å². The Morgan fingerprint density at radius 2 is 1.90 bits per heavy atom. The largest absolute Gasteiger partial charge is 0.478 e. The number of aromatic carboxylic acids is 1. The highest BCUT2D eigenvalue weighted by Gasteiger charge is 2.16. The van der Waals surface area contributed by atoms with E-state index in [-0.39, 0.29) is 11.3 Å². The topological polar surface area (TPSA) is 80.4 Å². The van der Waals surface area contributed by atoms with E-state index in [1.54, 1.807) is 24.3 Å². The number of benzene rings is 2. The van der Waals surface area contributed by atoms with E-state index >= 15 is 0 Å². The predicted molar refractivity (Wildman–Crippen MR) is 86.0 cm³/mol. The van der Waals surface area contributed by atoms with E-state index < -0.39 is 10.9 Å².